The molecule has 0 aliphatic heterocycles. The number of carbonyl (C=O) groups excluding carboxylic acids is 2. The quantitative estimate of drug-likeness (QED) is 0.776. The minimum absolute atomic E-state index is 0.0133. The third-order valence-corrected chi connectivity index (χ3v) is 3.43. The van der Waals surface area contributed by atoms with Gasteiger partial charge in [-0.15, -0.1) is 0 Å². The van der Waals surface area contributed by atoms with Crippen molar-refractivity contribution in [2.45, 2.75) is 27.7 Å². The Balaban J connectivity index is 2.40. The maximum Gasteiger partial charge on any atom is 0.277 e. The molecule has 1 aromatic carbocycles. The molecule has 2 rings (SSSR count). The van der Waals surface area contributed by atoms with Crippen LogP contribution in [0.1, 0.15) is 36.7 Å². The highest BCUT2D eigenvalue weighted by Gasteiger charge is 2.19. The zero-order valence-corrected chi connectivity index (χ0v) is 12.8. The molecule has 0 bridgehead atoms. The van der Waals surface area contributed by atoms with Gasteiger partial charge in [0.05, 0.1) is 5.71 Å². The summed E-state index contributed by atoms with van der Waals surface area (Å²) in [6.07, 6.45) is 3.29. The van der Waals surface area contributed by atoms with E-state index < -0.39 is 0 Å². The van der Waals surface area contributed by atoms with E-state index in [1.54, 1.807) is 25.1 Å². The molecule has 0 fully saturated rings. The Hall–Kier alpha value is -2.29. The third-order valence-electron chi connectivity index (χ3n) is 3.43. The average molecular weight is 281 g/mol. The second kappa shape index (κ2) is 6.00. The monoisotopic (exact) mass is 281 g/mol. The van der Waals surface area contributed by atoms with Crippen LogP contribution < -0.4 is 0 Å². The molecule has 0 unspecified atom stereocenters. The minimum atomic E-state index is -0.279. The summed E-state index contributed by atoms with van der Waals surface area (Å²) in [5.41, 5.74) is 3.59. The van der Waals surface area contributed by atoms with E-state index in [0.29, 0.717) is 16.8 Å². The molecule has 0 saturated carbocycles. The van der Waals surface area contributed by atoms with Crippen molar-refractivity contribution in [3.8, 4) is 0 Å². The number of aryl methyl sites for hydroxylation is 1. The summed E-state index contributed by atoms with van der Waals surface area (Å²) in [6, 6.07) is 7.35. The van der Waals surface area contributed by atoms with Crippen molar-refractivity contribution in [3.63, 3.8) is 0 Å². The molecule has 3 heteroatoms. The number of carbonyl (C=O) groups is 2. The number of nitrogens with zero attached hydrogens (tertiary/aromatic N) is 1. The summed E-state index contributed by atoms with van der Waals surface area (Å²) in [5.74, 6) is -0.151. The van der Waals surface area contributed by atoms with Gasteiger partial charge in [0, 0.05) is 5.56 Å². The molecule has 3 nitrogen and oxygen atoms in total. The van der Waals surface area contributed by atoms with Crippen LogP contribution in [-0.2, 0) is 4.79 Å². The first-order chi connectivity index (χ1) is 9.88. The number of allylic oxidation sites excluding steroid dienone is 4. The Bertz CT molecular complexity index is 691. The fraction of sp³-hybridized carbons (Fsp3) is 0.278. The Kier molecular flexibility index (Phi) is 4.32. The van der Waals surface area contributed by atoms with Gasteiger partial charge in [-0.2, -0.15) is 0 Å². The second-order valence-corrected chi connectivity index (χ2v) is 5.62. The average Bonchev–Trinajstić information content (AvgIpc) is 2.42. The molecule has 0 heterocycles. The zero-order chi connectivity index (χ0) is 15.6. The van der Waals surface area contributed by atoms with Gasteiger partial charge in [0.25, 0.3) is 5.91 Å². The summed E-state index contributed by atoms with van der Waals surface area (Å²) in [6.45, 7) is 7.65. The van der Waals surface area contributed by atoms with Crippen molar-refractivity contribution in [1.29, 1.82) is 0 Å². The normalized spacial score (nSPS) is 17.0. The van der Waals surface area contributed by atoms with Crippen molar-refractivity contribution < 1.29 is 9.59 Å². The molecule has 1 aliphatic carbocycles. The van der Waals surface area contributed by atoms with E-state index in [4.69, 9.17) is 0 Å². The van der Waals surface area contributed by atoms with Crippen LogP contribution in [0.3, 0.4) is 0 Å². The van der Waals surface area contributed by atoms with E-state index in [9.17, 15) is 9.59 Å². The molecule has 1 aromatic rings. The molecule has 0 atom stereocenters. The van der Waals surface area contributed by atoms with Gasteiger partial charge in [0.2, 0.25) is 0 Å². The van der Waals surface area contributed by atoms with Crippen LogP contribution >= 0.6 is 0 Å². The van der Waals surface area contributed by atoms with Crippen molar-refractivity contribution in [2.24, 2.45) is 10.9 Å². The summed E-state index contributed by atoms with van der Waals surface area (Å²) in [4.78, 5) is 28.3. The minimum Gasteiger partial charge on any atom is -0.290 e. The molecule has 0 spiro atoms. The molecule has 1 amide bonds. The lowest BCUT2D eigenvalue weighted by Gasteiger charge is -2.16. The lowest BCUT2D eigenvalue weighted by molar-refractivity contribution is -0.111. The highest BCUT2D eigenvalue weighted by molar-refractivity contribution is 6.24. The second-order valence-electron chi connectivity index (χ2n) is 5.62. The molecular weight excluding hydrogens is 262 g/mol. The number of benzene rings is 1. The largest absolute Gasteiger partial charge is 0.290 e. The van der Waals surface area contributed by atoms with Crippen molar-refractivity contribution in [2.75, 3.05) is 0 Å². The highest BCUT2D eigenvalue weighted by Crippen LogP contribution is 2.20. The molecule has 108 valence electrons. The highest BCUT2D eigenvalue weighted by atomic mass is 16.1. The van der Waals surface area contributed by atoms with Gasteiger partial charge in [-0.1, -0.05) is 31.5 Å². The summed E-state index contributed by atoms with van der Waals surface area (Å²) in [7, 11) is 0. The summed E-state index contributed by atoms with van der Waals surface area (Å²) < 4.78 is 0. The number of hydrogen-bond donors (Lipinski definition) is 0. The topological polar surface area (TPSA) is 46.5 Å². The first kappa shape index (κ1) is 15.1. The van der Waals surface area contributed by atoms with Crippen LogP contribution in [0.25, 0.3) is 0 Å². The van der Waals surface area contributed by atoms with Gasteiger partial charge in [-0.3, -0.25) is 9.59 Å². The number of aliphatic imine (C=N–C) groups is 1. The van der Waals surface area contributed by atoms with E-state index in [1.165, 1.54) is 0 Å². The fourth-order valence-corrected chi connectivity index (χ4v) is 2.20. The van der Waals surface area contributed by atoms with Crippen LogP contribution in [0.2, 0.25) is 0 Å². The molecule has 1 aliphatic rings. The van der Waals surface area contributed by atoms with Gasteiger partial charge < -0.3 is 0 Å². The fourth-order valence-electron chi connectivity index (χ4n) is 2.20. The van der Waals surface area contributed by atoms with E-state index in [0.717, 1.165) is 11.1 Å². The number of ketones is 1. The standard InChI is InChI=1S/C18H19NO2/c1-11(2)15-10-17(20)13(4)9-16(15)19-18(21)14-7-5-6-12(3)8-14/h5-11H,1-4H3. The van der Waals surface area contributed by atoms with Crippen LogP contribution in [0.4, 0.5) is 0 Å². The molecule has 0 saturated heterocycles. The lowest BCUT2D eigenvalue weighted by Crippen LogP contribution is -2.17. The number of hydrogen-bond acceptors (Lipinski definition) is 2. The molecule has 0 radical (unpaired) electrons. The van der Waals surface area contributed by atoms with Crippen molar-refractivity contribution in [3.05, 3.63) is 58.7 Å². The molecular formula is C18H19NO2. The van der Waals surface area contributed by atoms with Crippen LogP contribution in [0.5, 0.6) is 0 Å². The summed E-state index contributed by atoms with van der Waals surface area (Å²) in [5, 5.41) is 0. The predicted octanol–water partition coefficient (Wildman–Crippen LogP) is 3.69. The summed E-state index contributed by atoms with van der Waals surface area (Å²) >= 11 is 0. The Morgan fingerprint density at radius 2 is 1.86 bits per heavy atom. The zero-order valence-electron chi connectivity index (χ0n) is 12.8. The first-order valence-electron chi connectivity index (χ1n) is 7.02. The molecule has 0 aromatic heterocycles. The third kappa shape index (κ3) is 3.43. The van der Waals surface area contributed by atoms with Crippen LogP contribution in [-0.4, -0.2) is 17.4 Å². The SMILES string of the molecule is CC1=CC(=NC(=O)c2cccc(C)c2)C(C(C)C)=CC1=O. The Labute approximate surface area is 125 Å². The van der Waals surface area contributed by atoms with E-state index in [1.807, 2.05) is 39.0 Å². The smallest absolute Gasteiger partial charge is 0.277 e. The van der Waals surface area contributed by atoms with Crippen LogP contribution in [0.15, 0.2) is 52.6 Å². The molecule has 21 heavy (non-hydrogen) atoms. The molecule has 0 N–H and O–H groups in total. The van der Waals surface area contributed by atoms with Gasteiger partial charge in [-0.25, -0.2) is 4.99 Å². The van der Waals surface area contributed by atoms with E-state index in [2.05, 4.69) is 4.99 Å². The van der Waals surface area contributed by atoms with Gasteiger partial charge in [0.15, 0.2) is 5.78 Å². The van der Waals surface area contributed by atoms with Crippen molar-refractivity contribution in [1.82, 2.24) is 0 Å². The number of amides is 1. The maximum atomic E-state index is 12.3. The predicted molar refractivity (Wildman–Crippen MR) is 84.6 cm³/mol. The van der Waals surface area contributed by atoms with Crippen molar-refractivity contribution >= 4 is 17.4 Å². The van der Waals surface area contributed by atoms with E-state index in [-0.39, 0.29) is 17.6 Å². The van der Waals surface area contributed by atoms with Gasteiger partial charge in [0.1, 0.15) is 0 Å². The first-order valence-corrected chi connectivity index (χ1v) is 7.02. The van der Waals surface area contributed by atoms with Gasteiger partial charge in [-0.05, 0) is 55.2 Å². The van der Waals surface area contributed by atoms with Gasteiger partial charge >= 0.3 is 0 Å². The Morgan fingerprint density at radius 3 is 2.48 bits per heavy atom. The van der Waals surface area contributed by atoms with E-state index >= 15 is 0 Å². The lowest BCUT2D eigenvalue weighted by atomic mass is 9.90. The Morgan fingerprint density at radius 1 is 1.14 bits per heavy atom. The number of rotatable bonds is 2. The maximum absolute atomic E-state index is 12.3. The van der Waals surface area contributed by atoms with Crippen LogP contribution in [0, 0.1) is 12.8 Å².